The van der Waals surface area contributed by atoms with E-state index in [9.17, 15) is 0 Å². The molecule has 1 rings (SSSR count). The highest BCUT2D eigenvalue weighted by molar-refractivity contribution is 6.42. The van der Waals surface area contributed by atoms with Gasteiger partial charge < -0.3 is 5.32 Å². The van der Waals surface area contributed by atoms with E-state index < -0.39 is 0 Å². The van der Waals surface area contributed by atoms with Crippen LogP contribution in [-0.4, -0.2) is 12.6 Å². The van der Waals surface area contributed by atoms with Gasteiger partial charge in [-0.3, -0.25) is 0 Å². The van der Waals surface area contributed by atoms with Gasteiger partial charge in [-0.05, 0) is 37.4 Å². The fraction of sp³-hybridized carbons (Fsp3) is 0.538. The van der Waals surface area contributed by atoms with Crippen LogP contribution in [0, 0.1) is 0 Å². The van der Waals surface area contributed by atoms with Crippen molar-refractivity contribution in [3.63, 3.8) is 0 Å². The second kappa shape index (κ2) is 7.16. The van der Waals surface area contributed by atoms with Crippen molar-refractivity contribution in [1.82, 2.24) is 5.32 Å². The molecule has 1 atom stereocenters. The molecule has 16 heavy (non-hydrogen) atoms. The summed E-state index contributed by atoms with van der Waals surface area (Å²) in [6.45, 7) is 5.41. The Kier molecular flexibility index (Phi) is 6.18. The van der Waals surface area contributed by atoms with Crippen molar-refractivity contribution in [1.29, 1.82) is 0 Å². The molecular weight excluding hydrogens is 241 g/mol. The topological polar surface area (TPSA) is 12.0 Å². The molecule has 1 unspecified atom stereocenters. The first-order chi connectivity index (χ1) is 7.69. The monoisotopic (exact) mass is 259 g/mol. The maximum absolute atomic E-state index is 6.17. The number of nitrogens with one attached hydrogen (secondary N) is 1. The first-order valence-electron chi connectivity index (χ1n) is 5.85. The molecule has 0 saturated heterocycles. The third-order valence-electron chi connectivity index (χ3n) is 2.67. The van der Waals surface area contributed by atoms with Crippen molar-refractivity contribution >= 4 is 23.2 Å². The molecule has 1 N–H and O–H groups in total. The molecule has 3 heteroatoms. The van der Waals surface area contributed by atoms with Gasteiger partial charge in [-0.25, -0.2) is 0 Å². The molecule has 90 valence electrons. The SMILES string of the molecule is CCCNC(CC)Cc1cccc(Cl)c1Cl. The van der Waals surface area contributed by atoms with Gasteiger partial charge in [0.15, 0.2) is 0 Å². The molecule has 0 aliphatic rings. The van der Waals surface area contributed by atoms with Crippen molar-refractivity contribution in [3.05, 3.63) is 33.8 Å². The molecule has 0 spiro atoms. The van der Waals surface area contributed by atoms with Crippen molar-refractivity contribution in [2.24, 2.45) is 0 Å². The van der Waals surface area contributed by atoms with Crippen molar-refractivity contribution in [3.8, 4) is 0 Å². The third kappa shape index (κ3) is 3.97. The number of benzene rings is 1. The summed E-state index contributed by atoms with van der Waals surface area (Å²) in [5.74, 6) is 0. The normalized spacial score (nSPS) is 12.8. The highest BCUT2D eigenvalue weighted by Gasteiger charge is 2.10. The molecule has 0 amide bonds. The quantitative estimate of drug-likeness (QED) is 0.803. The smallest absolute Gasteiger partial charge is 0.0624 e. The van der Waals surface area contributed by atoms with Crippen LogP contribution in [0.25, 0.3) is 0 Å². The number of rotatable bonds is 6. The molecule has 0 fully saturated rings. The number of hydrogen-bond donors (Lipinski definition) is 1. The minimum atomic E-state index is 0.482. The summed E-state index contributed by atoms with van der Waals surface area (Å²) in [6, 6.07) is 6.31. The van der Waals surface area contributed by atoms with E-state index in [-0.39, 0.29) is 0 Å². The highest BCUT2D eigenvalue weighted by Crippen LogP contribution is 2.26. The average Bonchev–Trinajstić information content (AvgIpc) is 2.30. The van der Waals surface area contributed by atoms with E-state index in [1.807, 2.05) is 18.2 Å². The largest absolute Gasteiger partial charge is 0.314 e. The first-order valence-corrected chi connectivity index (χ1v) is 6.60. The first kappa shape index (κ1) is 13.8. The summed E-state index contributed by atoms with van der Waals surface area (Å²) in [4.78, 5) is 0. The van der Waals surface area contributed by atoms with Crippen LogP contribution in [0.4, 0.5) is 0 Å². The van der Waals surface area contributed by atoms with Crippen LogP contribution in [0.1, 0.15) is 32.3 Å². The molecule has 1 aromatic carbocycles. The van der Waals surface area contributed by atoms with Crippen molar-refractivity contribution < 1.29 is 0 Å². The van der Waals surface area contributed by atoms with Crippen molar-refractivity contribution in [2.75, 3.05) is 6.54 Å². The van der Waals surface area contributed by atoms with E-state index in [4.69, 9.17) is 23.2 Å². The maximum atomic E-state index is 6.17. The second-order valence-electron chi connectivity index (χ2n) is 3.98. The molecule has 0 bridgehead atoms. The van der Waals surface area contributed by atoms with Gasteiger partial charge in [0.25, 0.3) is 0 Å². The Morgan fingerprint density at radius 1 is 1.25 bits per heavy atom. The molecule has 0 heterocycles. The molecule has 0 radical (unpaired) electrons. The van der Waals surface area contributed by atoms with Gasteiger partial charge in [0.1, 0.15) is 0 Å². The zero-order valence-electron chi connectivity index (χ0n) is 9.89. The molecule has 0 aliphatic heterocycles. The predicted octanol–water partition coefficient (Wildman–Crippen LogP) is 4.31. The lowest BCUT2D eigenvalue weighted by atomic mass is 10.0. The fourth-order valence-corrected chi connectivity index (χ4v) is 2.08. The minimum absolute atomic E-state index is 0.482. The fourth-order valence-electron chi connectivity index (χ4n) is 1.68. The molecular formula is C13H19Cl2N. The second-order valence-corrected chi connectivity index (χ2v) is 4.76. The number of hydrogen-bond acceptors (Lipinski definition) is 1. The summed E-state index contributed by atoms with van der Waals surface area (Å²) in [7, 11) is 0. The van der Waals surface area contributed by atoms with Crippen molar-refractivity contribution in [2.45, 2.75) is 39.2 Å². The van der Waals surface area contributed by atoms with E-state index in [0.29, 0.717) is 16.1 Å². The highest BCUT2D eigenvalue weighted by atomic mass is 35.5. The van der Waals surface area contributed by atoms with Crippen LogP contribution in [0.3, 0.4) is 0 Å². The van der Waals surface area contributed by atoms with Gasteiger partial charge in [0, 0.05) is 6.04 Å². The van der Waals surface area contributed by atoms with Crippen LogP contribution >= 0.6 is 23.2 Å². The summed E-state index contributed by atoms with van der Waals surface area (Å²) in [5, 5.41) is 4.85. The Balaban J connectivity index is 2.66. The summed E-state index contributed by atoms with van der Waals surface area (Å²) >= 11 is 12.2. The number of halogens is 2. The molecule has 1 aromatic rings. The van der Waals surface area contributed by atoms with E-state index in [1.54, 1.807) is 0 Å². The van der Waals surface area contributed by atoms with Crippen LogP contribution in [0.5, 0.6) is 0 Å². The van der Waals surface area contributed by atoms with Crippen LogP contribution in [0.15, 0.2) is 18.2 Å². The van der Waals surface area contributed by atoms with E-state index in [2.05, 4.69) is 19.2 Å². The Hall–Kier alpha value is -0.240. The molecule has 0 aromatic heterocycles. The van der Waals surface area contributed by atoms with Gasteiger partial charge in [0.2, 0.25) is 0 Å². The minimum Gasteiger partial charge on any atom is -0.314 e. The zero-order valence-corrected chi connectivity index (χ0v) is 11.4. The lowest BCUT2D eigenvalue weighted by Gasteiger charge is -2.17. The van der Waals surface area contributed by atoms with Crippen LogP contribution < -0.4 is 5.32 Å². The molecule has 1 nitrogen and oxygen atoms in total. The molecule has 0 saturated carbocycles. The lowest BCUT2D eigenvalue weighted by molar-refractivity contribution is 0.495. The predicted molar refractivity (Wildman–Crippen MR) is 72.5 cm³/mol. The Morgan fingerprint density at radius 3 is 2.62 bits per heavy atom. The Bertz CT molecular complexity index is 326. The summed E-state index contributed by atoms with van der Waals surface area (Å²) in [5.41, 5.74) is 1.13. The Labute approximate surface area is 108 Å². The van der Waals surface area contributed by atoms with E-state index >= 15 is 0 Å². The zero-order chi connectivity index (χ0) is 12.0. The maximum Gasteiger partial charge on any atom is 0.0624 e. The standard InChI is InChI=1S/C13H19Cl2N/c1-3-8-16-11(4-2)9-10-6-5-7-12(14)13(10)15/h5-7,11,16H,3-4,8-9H2,1-2H3. The molecule has 0 aliphatic carbocycles. The van der Waals surface area contributed by atoms with Gasteiger partial charge in [-0.2, -0.15) is 0 Å². The van der Waals surface area contributed by atoms with Gasteiger partial charge in [-0.15, -0.1) is 0 Å². The third-order valence-corrected chi connectivity index (χ3v) is 3.53. The summed E-state index contributed by atoms with van der Waals surface area (Å²) < 4.78 is 0. The van der Waals surface area contributed by atoms with Gasteiger partial charge in [-0.1, -0.05) is 49.2 Å². The van der Waals surface area contributed by atoms with Gasteiger partial charge in [0.05, 0.1) is 10.0 Å². The van der Waals surface area contributed by atoms with Gasteiger partial charge >= 0.3 is 0 Å². The van der Waals surface area contributed by atoms with Crippen LogP contribution in [0.2, 0.25) is 10.0 Å². The lowest BCUT2D eigenvalue weighted by Crippen LogP contribution is -2.31. The van der Waals surface area contributed by atoms with Crippen LogP contribution in [-0.2, 0) is 6.42 Å². The van der Waals surface area contributed by atoms with E-state index in [0.717, 1.165) is 31.4 Å². The van der Waals surface area contributed by atoms with E-state index in [1.165, 1.54) is 0 Å². The average molecular weight is 260 g/mol. The summed E-state index contributed by atoms with van der Waals surface area (Å²) in [6.07, 6.45) is 3.19. The Morgan fingerprint density at radius 2 is 2.00 bits per heavy atom.